The van der Waals surface area contributed by atoms with Crippen LogP contribution in [0.3, 0.4) is 0 Å². The molecule has 1 saturated carbocycles. The van der Waals surface area contributed by atoms with Crippen LogP contribution < -0.4 is 5.32 Å². The highest BCUT2D eigenvalue weighted by atomic mass is 35.5. The number of hydrogen-bond acceptors (Lipinski definition) is 4. The highest BCUT2D eigenvalue weighted by Crippen LogP contribution is 2.39. The summed E-state index contributed by atoms with van der Waals surface area (Å²) in [6, 6.07) is 0. The number of rotatable bonds is 8. The molecule has 0 aromatic carbocycles. The first-order valence-corrected chi connectivity index (χ1v) is 8.76. The van der Waals surface area contributed by atoms with Crippen molar-refractivity contribution in [2.24, 2.45) is 0 Å². The van der Waals surface area contributed by atoms with Crippen LogP contribution in [0, 0.1) is 6.92 Å². The largest absolute Gasteiger partial charge is 0.370 e. The van der Waals surface area contributed by atoms with Crippen molar-refractivity contribution in [2.75, 3.05) is 23.9 Å². The summed E-state index contributed by atoms with van der Waals surface area (Å²) in [4.78, 5) is 8.99. The second-order valence-electron chi connectivity index (χ2n) is 5.10. The Morgan fingerprint density at radius 2 is 2.05 bits per heavy atom. The molecule has 106 valence electrons. The maximum Gasteiger partial charge on any atom is 0.137 e. The van der Waals surface area contributed by atoms with Gasteiger partial charge in [-0.1, -0.05) is 18.0 Å². The van der Waals surface area contributed by atoms with Crippen LogP contribution in [-0.4, -0.2) is 28.5 Å². The summed E-state index contributed by atoms with van der Waals surface area (Å²) in [6.07, 6.45) is 8.30. The Morgan fingerprint density at radius 3 is 2.74 bits per heavy atom. The Hall–Kier alpha value is -0.480. The van der Waals surface area contributed by atoms with Gasteiger partial charge < -0.3 is 5.32 Å². The van der Waals surface area contributed by atoms with Gasteiger partial charge in [0, 0.05) is 18.0 Å². The molecule has 5 heteroatoms. The molecular formula is C14H22ClN3S. The van der Waals surface area contributed by atoms with Gasteiger partial charge in [0.2, 0.25) is 0 Å². The van der Waals surface area contributed by atoms with Crippen LogP contribution in [-0.2, 0) is 0 Å². The van der Waals surface area contributed by atoms with Gasteiger partial charge in [-0.15, -0.1) is 0 Å². The lowest BCUT2D eigenvalue weighted by atomic mass is 10.2. The molecule has 0 spiro atoms. The third-order valence-electron chi connectivity index (χ3n) is 3.36. The lowest BCUT2D eigenvalue weighted by Crippen LogP contribution is -2.08. The average Bonchev–Trinajstić information content (AvgIpc) is 3.22. The van der Waals surface area contributed by atoms with Gasteiger partial charge in [0.05, 0.1) is 0 Å². The van der Waals surface area contributed by atoms with E-state index in [-0.39, 0.29) is 0 Å². The molecule has 0 saturated heterocycles. The Labute approximate surface area is 124 Å². The van der Waals surface area contributed by atoms with Crippen LogP contribution in [0.4, 0.5) is 5.82 Å². The Morgan fingerprint density at radius 1 is 1.26 bits per heavy atom. The minimum Gasteiger partial charge on any atom is -0.370 e. The fourth-order valence-electron chi connectivity index (χ4n) is 1.96. The molecule has 1 aliphatic carbocycles. The molecule has 0 radical (unpaired) electrons. The maximum absolute atomic E-state index is 6.18. The summed E-state index contributed by atoms with van der Waals surface area (Å²) < 4.78 is 0. The molecule has 1 aromatic heterocycles. The third kappa shape index (κ3) is 4.53. The second kappa shape index (κ2) is 7.34. The second-order valence-corrected chi connectivity index (χ2v) is 6.44. The van der Waals surface area contributed by atoms with E-state index in [9.17, 15) is 0 Å². The highest BCUT2D eigenvalue weighted by Gasteiger charge is 2.27. The van der Waals surface area contributed by atoms with E-state index in [1.54, 1.807) is 0 Å². The standard InChI is InChI=1S/C14H22ClN3S/c1-10-12(15)17-14(11-6-7-11)18-13(10)16-8-4-3-5-9-19-2/h11H,3-9H2,1-2H3,(H,16,17,18). The van der Waals surface area contributed by atoms with Crippen LogP contribution in [0.5, 0.6) is 0 Å². The van der Waals surface area contributed by atoms with Crippen LogP contribution >= 0.6 is 23.4 Å². The van der Waals surface area contributed by atoms with Crippen LogP contribution in [0.2, 0.25) is 5.15 Å². The maximum atomic E-state index is 6.18. The molecule has 0 bridgehead atoms. The van der Waals surface area contributed by atoms with Crippen molar-refractivity contribution in [3.8, 4) is 0 Å². The predicted octanol–water partition coefficient (Wildman–Crippen LogP) is 4.26. The zero-order valence-electron chi connectivity index (χ0n) is 11.7. The summed E-state index contributed by atoms with van der Waals surface area (Å²) in [5.41, 5.74) is 0.968. The smallest absolute Gasteiger partial charge is 0.137 e. The monoisotopic (exact) mass is 299 g/mol. The lowest BCUT2D eigenvalue weighted by Gasteiger charge is -2.11. The van der Waals surface area contributed by atoms with Gasteiger partial charge in [-0.05, 0) is 44.6 Å². The van der Waals surface area contributed by atoms with Crippen molar-refractivity contribution in [3.05, 3.63) is 16.5 Å². The molecule has 0 aliphatic heterocycles. The number of anilines is 1. The predicted molar refractivity (Wildman–Crippen MR) is 84.5 cm³/mol. The van der Waals surface area contributed by atoms with Gasteiger partial charge in [0.25, 0.3) is 0 Å². The van der Waals surface area contributed by atoms with E-state index < -0.39 is 0 Å². The van der Waals surface area contributed by atoms with E-state index in [1.807, 2.05) is 18.7 Å². The van der Waals surface area contributed by atoms with Crippen molar-refractivity contribution in [3.63, 3.8) is 0 Å². The summed E-state index contributed by atoms with van der Waals surface area (Å²) in [7, 11) is 0. The van der Waals surface area contributed by atoms with E-state index in [1.165, 1.54) is 37.9 Å². The number of hydrogen-bond donors (Lipinski definition) is 1. The number of halogens is 1. The van der Waals surface area contributed by atoms with E-state index in [2.05, 4.69) is 21.5 Å². The fourth-order valence-corrected chi connectivity index (χ4v) is 2.63. The van der Waals surface area contributed by atoms with Gasteiger partial charge in [-0.3, -0.25) is 0 Å². The van der Waals surface area contributed by atoms with Crippen molar-refractivity contribution >= 4 is 29.2 Å². The Balaban J connectivity index is 1.84. The van der Waals surface area contributed by atoms with Crippen LogP contribution in [0.1, 0.15) is 49.4 Å². The van der Waals surface area contributed by atoms with E-state index >= 15 is 0 Å². The number of aromatic nitrogens is 2. The zero-order chi connectivity index (χ0) is 13.7. The van der Waals surface area contributed by atoms with Crippen LogP contribution in [0.25, 0.3) is 0 Å². The highest BCUT2D eigenvalue weighted by molar-refractivity contribution is 7.98. The first kappa shape index (κ1) is 14.9. The van der Waals surface area contributed by atoms with Gasteiger partial charge >= 0.3 is 0 Å². The number of nitrogens with one attached hydrogen (secondary N) is 1. The molecule has 1 aliphatic rings. The van der Waals surface area contributed by atoms with Crippen molar-refractivity contribution in [2.45, 2.75) is 44.9 Å². The van der Waals surface area contributed by atoms with Gasteiger partial charge in [0.15, 0.2) is 0 Å². The topological polar surface area (TPSA) is 37.8 Å². The summed E-state index contributed by atoms with van der Waals surface area (Å²) in [5, 5.41) is 4.01. The van der Waals surface area contributed by atoms with Crippen molar-refractivity contribution < 1.29 is 0 Å². The Kier molecular flexibility index (Phi) is 5.76. The van der Waals surface area contributed by atoms with E-state index in [0.717, 1.165) is 23.8 Å². The molecule has 2 rings (SSSR count). The summed E-state index contributed by atoms with van der Waals surface area (Å²) >= 11 is 8.09. The molecule has 1 heterocycles. The zero-order valence-corrected chi connectivity index (χ0v) is 13.3. The van der Waals surface area contributed by atoms with Gasteiger partial charge in [0.1, 0.15) is 16.8 Å². The Bertz CT molecular complexity index is 421. The van der Waals surface area contributed by atoms with Gasteiger partial charge in [-0.25, -0.2) is 9.97 Å². The first-order valence-electron chi connectivity index (χ1n) is 6.99. The van der Waals surface area contributed by atoms with Crippen molar-refractivity contribution in [1.82, 2.24) is 9.97 Å². The average molecular weight is 300 g/mol. The molecule has 1 N–H and O–H groups in total. The number of nitrogens with zero attached hydrogens (tertiary/aromatic N) is 2. The third-order valence-corrected chi connectivity index (χ3v) is 4.43. The minimum absolute atomic E-state index is 0.542. The fraction of sp³-hybridized carbons (Fsp3) is 0.714. The molecule has 3 nitrogen and oxygen atoms in total. The quantitative estimate of drug-likeness (QED) is 0.575. The number of thioether (sulfide) groups is 1. The van der Waals surface area contributed by atoms with E-state index in [0.29, 0.717) is 11.1 Å². The molecule has 0 amide bonds. The van der Waals surface area contributed by atoms with E-state index in [4.69, 9.17) is 11.6 Å². The summed E-state index contributed by atoms with van der Waals surface area (Å²) in [5.74, 6) is 3.64. The molecule has 1 aromatic rings. The normalized spacial score (nSPS) is 14.7. The van der Waals surface area contributed by atoms with Gasteiger partial charge in [-0.2, -0.15) is 11.8 Å². The minimum atomic E-state index is 0.542. The van der Waals surface area contributed by atoms with Crippen molar-refractivity contribution in [1.29, 1.82) is 0 Å². The molecular weight excluding hydrogens is 278 g/mol. The summed E-state index contributed by atoms with van der Waals surface area (Å²) in [6.45, 7) is 2.95. The number of unbranched alkanes of at least 4 members (excludes halogenated alkanes) is 2. The van der Waals surface area contributed by atoms with Crippen LogP contribution in [0.15, 0.2) is 0 Å². The first-order chi connectivity index (χ1) is 9.22. The molecule has 0 unspecified atom stereocenters. The SMILES string of the molecule is CSCCCCCNc1nc(C2CC2)nc(Cl)c1C. The lowest BCUT2D eigenvalue weighted by molar-refractivity contribution is 0.746. The molecule has 1 fully saturated rings. The molecule has 19 heavy (non-hydrogen) atoms. The molecule has 0 atom stereocenters.